The van der Waals surface area contributed by atoms with E-state index in [1.807, 2.05) is 49.4 Å². The van der Waals surface area contributed by atoms with Crippen LogP contribution in [0.25, 0.3) is 0 Å². The zero-order valence-electron chi connectivity index (χ0n) is 12.2. The number of benzene rings is 2. The van der Waals surface area contributed by atoms with Crippen molar-refractivity contribution >= 4 is 33.4 Å². The van der Waals surface area contributed by atoms with E-state index in [-0.39, 0.29) is 30.1 Å². The Balaban J connectivity index is 1.87. The predicted molar refractivity (Wildman–Crippen MR) is 89.6 cm³/mol. The van der Waals surface area contributed by atoms with Crippen molar-refractivity contribution in [3.8, 4) is 0 Å². The quantitative estimate of drug-likeness (QED) is 0.774. The summed E-state index contributed by atoms with van der Waals surface area (Å²) in [4.78, 5) is 26.3. The van der Waals surface area contributed by atoms with E-state index >= 15 is 0 Å². The van der Waals surface area contributed by atoms with Gasteiger partial charge < -0.3 is 0 Å². The highest BCUT2D eigenvalue weighted by Crippen LogP contribution is 2.35. The fraction of sp³-hybridized carbons (Fsp3) is 0.222. The Morgan fingerprint density at radius 3 is 2.32 bits per heavy atom. The fourth-order valence-corrected chi connectivity index (χ4v) is 3.16. The van der Waals surface area contributed by atoms with Gasteiger partial charge in [-0.15, -0.1) is 0 Å². The summed E-state index contributed by atoms with van der Waals surface area (Å²) in [5.74, 6) is -0.500. The van der Waals surface area contributed by atoms with Gasteiger partial charge in [0.05, 0.1) is 11.6 Å². The average molecular weight is 358 g/mol. The van der Waals surface area contributed by atoms with E-state index in [1.165, 1.54) is 4.90 Å². The zero-order chi connectivity index (χ0) is 15.7. The van der Waals surface area contributed by atoms with Crippen LogP contribution in [0.3, 0.4) is 0 Å². The highest BCUT2D eigenvalue weighted by atomic mass is 79.9. The van der Waals surface area contributed by atoms with Crippen LogP contribution in [0.5, 0.6) is 0 Å². The summed E-state index contributed by atoms with van der Waals surface area (Å²) in [6.07, 6.45) is 0.269. The van der Waals surface area contributed by atoms with Crippen LogP contribution in [-0.2, 0) is 9.59 Å². The third-order valence-electron chi connectivity index (χ3n) is 4.20. The molecule has 0 radical (unpaired) electrons. The molecule has 1 fully saturated rings. The lowest BCUT2D eigenvalue weighted by atomic mass is 9.86. The van der Waals surface area contributed by atoms with Crippen LogP contribution in [-0.4, -0.2) is 11.8 Å². The van der Waals surface area contributed by atoms with E-state index in [1.54, 1.807) is 12.1 Å². The number of imide groups is 1. The van der Waals surface area contributed by atoms with Gasteiger partial charge in [0, 0.05) is 10.9 Å². The van der Waals surface area contributed by atoms with Gasteiger partial charge in [-0.05, 0) is 35.7 Å². The summed E-state index contributed by atoms with van der Waals surface area (Å²) >= 11 is 3.36. The van der Waals surface area contributed by atoms with Gasteiger partial charge in [-0.1, -0.05) is 53.2 Å². The summed E-state index contributed by atoms with van der Waals surface area (Å²) in [6, 6.07) is 17.1. The Morgan fingerprint density at radius 2 is 1.68 bits per heavy atom. The second kappa shape index (κ2) is 6.05. The Hall–Kier alpha value is -1.94. The number of hydrogen-bond donors (Lipinski definition) is 0. The smallest absolute Gasteiger partial charge is 0.237 e. The number of halogens is 1. The fourth-order valence-electron chi connectivity index (χ4n) is 2.90. The first-order valence-corrected chi connectivity index (χ1v) is 8.04. The molecule has 2 atom stereocenters. The minimum atomic E-state index is -0.293. The maximum absolute atomic E-state index is 12.7. The number of hydrogen-bond acceptors (Lipinski definition) is 2. The second-order valence-corrected chi connectivity index (χ2v) is 6.47. The van der Waals surface area contributed by atoms with Crippen LogP contribution in [0.2, 0.25) is 0 Å². The lowest BCUT2D eigenvalue weighted by Crippen LogP contribution is -2.31. The number of carbonyl (C=O) groups excluding carboxylic acids is 2. The van der Waals surface area contributed by atoms with Crippen molar-refractivity contribution in [2.45, 2.75) is 19.3 Å². The number of carbonyl (C=O) groups is 2. The van der Waals surface area contributed by atoms with Gasteiger partial charge in [-0.3, -0.25) is 14.5 Å². The van der Waals surface area contributed by atoms with Crippen LogP contribution in [0.1, 0.15) is 24.8 Å². The minimum Gasteiger partial charge on any atom is -0.274 e. The summed E-state index contributed by atoms with van der Waals surface area (Å²) in [6.45, 7) is 2.01. The van der Waals surface area contributed by atoms with Crippen LogP contribution in [0.15, 0.2) is 59.1 Å². The monoisotopic (exact) mass is 357 g/mol. The molecule has 0 bridgehead atoms. The lowest BCUT2D eigenvalue weighted by Gasteiger charge is -2.19. The average Bonchev–Trinajstić information content (AvgIpc) is 2.83. The molecule has 1 saturated heterocycles. The number of rotatable bonds is 3. The van der Waals surface area contributed by atoms with Crippen LogP contribution in [0.4, 0.5) is 5.69 Å². The second-order valence-electron chi connectivity index (χ2n) is 5.55. The molecule has 0 aromatic heterocycles. The molecule has 3 nitrogen and oxygen atoms in total. The Kier molecular flexibility index (Phi) is 4.12. The summed E-state index contributed by atoms with van der Waals surface area (Å²) in [7, 11) is 0. The molecular formula is C18H16BrNO2. The van der Waals surface area contributed by atoms with Crippen molar-refractivity contribution in [1.29, 1.82) is 0 Å². The van der Waals surface area contributed by atoms with E-state index in [0.29, 0.717) is 5.69 Å². The van der Waals surface area contributed by atoms with Crippen molar-refractivity contribution in [1.82, 2.24) is 0 Å². The van der Waals surface area contributed by atoms with Crippen LogP contribution >= 0.6 is 15.9 Å². The van der Waals surface area contributed by atoms with Crippen LogP contribution in [0, 0.1) is 5.92 Å². The third-order valence-corrected chi connectivity index (χ3v) is 4.72. The van der Waals surface area contributed by atoms with Crippen molar-refractivity contribution < 1.29 is 9.59 Å². The largest absolute Gasteiger partial charge is 0.274 e. The van der Waals surface area contributed by atoms with E-state index < -0.39 is 0 Å². The molecule has 1 heterocycles. The van der Waals surface area contributed by atoms with Gasteiger partial charge in [-0.2, -0.15) is 0 Å². The topological polar surface area (TPSA) is 37.4 Å². The summed E-state index contributed by atoms with van der Waals surface area (Å²) in [5, 5.41) is 0. The number of anilines is 1. The Morgan fingerprint density at radius 1 is 1.05 bits per heavy atom. The summed E-state index contributed by atoms with van der Waals surface area (Å²) in [5.41, 5.74) is 1.73. The molecule has 0 N–H and O–H groups in total. The molecule has 0 aliphatic carbocycles. The predicted octanol–water partition coefficient (Wildman–Crippen LogP) is 4.13. The molecule has 3 rings (SSSR count). The molecule has 0 spiro atoms. The molecule has 4 heteroatoms. The highest BCUT2D eigenvalue weighted by molar-refractivity contribution is 9.10. The van der Waals surface area contributed by atoms with Gasteiger partial charge in [0.1, 0.15) is 0 Å². The van der Waals surface area contributed by atoms with Crippen molar-refractivity contribution in [3.05, 3.63) is 64.6 Å². The molecule has 22 heavy (non-hydrogen) atoms. The first-order valence-electron chi connectivity index (χ1n) is 7.25. The van der Waals surface area contributed by atoms with Crippen molar-refractivity contribution in [2.24, 2.45) is 5.92 Å². The van der Waals surface area contributed by atoms with Crippen molar-refractivity contribution in [2.75, 3.05) is 4.90 Å². The molecule has 1 aliphatic heterocycles. The van der Waals surface area contributed by atoms with Crippen LogP contribution < -0.4 is 4.90 Å². The Bertz CT molecular complexity index is 697. The van der Waals surface area contributed by atoms with E-state index in [4.69, 9.17) is 0 Å². The molecule has 1 aliphatic rings. The maximum atomic E-state index is 12.7. The molecule has 0 unspecified atom stereocenters. The lowest BCUT2D eigenvalue weighted by molar-refractivity contribution is -0.122. The van der Waals surface area contributed by atoms with Gasteiger partial charge in [-0.25, -0.2) is 0 Å². The highest BCUT2D eigenvalue weighted by Gasteiger charge is 2.42. The molecule has 112 valence electrons. The first kappa shape index (κ1) is 15.0. The Labute approximate surface area is 138 Å². The van der Waals surface area contributed by atoms with E-state index in [9.17, 15) is 9.59 Å². The maximum Gasteiger partial charge on any atom is 0.237 e. The molecule has 2 amide bonds. The van der Waals surface area contributed by atoms with E-state index in [2.05, 4.69) is 15.9 Å². The van der Waals surface area contributed by atoms with Crippen molar-refractivity contribution in [3.63, 3.8) is 0 Å². The van der Waals surface area contributed by atoms with E-state index in [0.717, 1.165) is 10.0 Å². The number of nitrogens with zero attached hydrogens (tertiary/aromatic N) is 1. The number of amides is 2. The molecule has 2 aromatic carbocycles. The third kappa shape index (κ3) is 2.71. The zero-order valence-corrected chi connectivity index (χ0v) is 13.8. The minimum absolute atomic E-state index is 0.0260. The molecule has 2 aromatic rings. The van der Waals surface area contributed by atoms with Gasteiger partial charge >= 0.3 is 0 Å². The van der Waals surface area contributed by atoms with Gasteiger partial charge in [0.25, 0.3) is 0 Å². The first-order chi connectivity index (χ1) is 10.6. The summed E-state index contributed by atoms with van der Waals surface area (Å²) < 4.78 is 0.921. The van der Waals surface area contributed by atoms with Gasteiger partial charge in [0.15, 0.2) is 0 Å². The SMILES string of the molecule is C[C@@H](c1ccccc1)[C@@H]1CC(=O)N(c2ccc(Br)cc2)C1=O. The van der Waals surface area contributed by atoms with Gasteiger partial charge in [0.2, 0.25) is 11.8 Å². The normalized spacial score (nSPS) is 19.5. The standard InChI is InChI=1S/C18H16BrNO2/c1-12(13-5-3-2-4-6-13)16-11-17(21)20(18(16)22)15-9-7-14(19)8-10-15/h2-10,12,16H,11H2,1H3/t12-,16-/m0/s1. The molecule has 0 saturated carbocycles. The molecular weight excluding hydrogens is 342 g/mol.